The van der Waals surface area contributed by atoms with Crippen LogP contribution in [0.1, 0.15) is 24.1 Å². The molecule has 3 aromatic carbocycles. The fraction of sp³-hybridized carbons (Fsp3) is 0.219. The fourth-order valence-corrected chi connectivity index (χ4v) is 6.07. The Hall–Kier alpha value is -5.03. The summed E-state index contributed by atoms with van der Waals surface area (Å²) in [6.07, 6.45) is 1.62. The number of Topliss-reactive ketones (excluding diaryl/α,β-unsaturated/α-hetero) is 1. The molecule has 1 saturated heterocycles. The molecule has 4 aromatic rings. The average Bonchev–Trinajstić information content (AvgIpc) is 3.57. The van der Waals surface area contributed by atoms with E-state index >= 15 is 0 Å². The summed E-state index contributed by atoms with van der Waals surface area (Å²) >= 11 is 1.24. The Morgan fingerprint density at radius 2 is 1.88 bits per heavy atom. The molecule has 10 nitrogen and oxygen atoms in total. The summed E-state index contributed by atoms with van der Waals surface area (Å²) in [6.45, 7) is 6.91. The minimum atomic E-state index is -1.02. The Morgan fingerprint density at radius 1 is 1.07 bits per heavy atom. The van der Waals surface area contributed by atoms with E-state index in [4.69, 9.17) is 23.7 Å². The number of anilines is 1. The highest BCUT2D eigenvalue weighted by Crippen LogP contribution is 2.46. The number of aliphatic hydroxyl groups is 1. The van der Waals surface area contributed by atoms with Crippen molar-refractivity contribution in [2.45, 2.75) is 13.0 Å². The maximum atomic E-state index is 13.7. The molecule has 1 amide bonds. The van der Waals surface area contributed by atoms with Crippen molar-refractivity contribution in [3.8, 4) is 28.7 Å². The van der Waals surface area contributed by atoms with Crippen LogP contribution in [0.2, 0.25) is 0 Å². The van der Waals surface area contributed by atoms with E-state index in [1.807, 2.05) is 13.0 Å². The smallest absolute Gasteiger partial charge is 0.301 e. The summed E-state index contributed by atoms with van der Waals surface area (Å²) in [4.78, 5) is 33.5. The number of aliphatic hydroxyl groups excluding tert-OH is 1. The number of hydrogen-bond acceptors (Lipinski definition) is 10. The molecule has 43 heavy (non-hydrogen) atoms. The van der Waals surface area contributed by atoms with E-state index in [0.29, 0.717) is 70.3 Å². The van der Waals surface area contributed by atoms with E-state index in [1.165, 1.54) is 16.2 Å². The second-order valence-corrected chi connectivity index (χ2v) is 10.6. The standard InChI is InChI=1S/C32H28N2O8S/c1-4-12-40-22-10-6-18(15-24(22)39-5-2)28-27(29(35)19-7-11-23-25(16-19)42-14-13-41-23)30(36)31(37)34(28)32-33-21-9-8-20(38-3)17-26(21)43-32/h4,6-11,15-17,28,35H,1,5,12-14H2,2-3H3/t28-/m1/s1. The number of ether oxygens (including phenoxy) is 5. The maximum Gasteiger partial charge on any atom is 0.301 e. The Balaban J connectivity index is 1.53. The highest BCUT2D eigenvalue weighted by molar-refractivity contribution is 7.22. The molecule has 1 atom stereocenters. The highest BCUT2D eigenvalue weighted by atomic mass is 32.1. The van der Waals surface area contributed by atoms with E-state index in [2.05, 4.69) is 11.6 Å². The number of carbonyl (C=O) groups is 2. The van der Waals surface area contributed by atoms with Gasteiger partial charge in [0.1, 0.15) is 31.3 Å². The third kappa shape index (κ3) is 5.12. The monoisotopic (exact) mass is 600 g/mol. The van der Waals surface area contributed by atoms with Crippen molar-refractivity contribution in [1.82, 2.24) is 4.98 Å². The predicted molar refractivity (Wildman–Crippen MR) is 162 cm³/mol. The van der Waals surface area contributed by atoms with Crippen molar-refractivity contribution < 1.29 is 38.4 Å². The summed E-state index contributed by atoms with van der Waals surface area (Å²) in [7, 11) is 1.57. The van der Waals surface area contributed by atoms with E-state index in [9.17, 15) is 14.7 Å². The number of hydrogen-bond donors (Lipinski definition) is 1. The van der Waals surface area contributed by atoms with Gasteiger partial charge >= 0.3 is 5.91 Å². The van der Waals surface area contributed by atoms with Crippen molar-refractivity contribution >= 4 is 44.1 Å². The van der Waals surface area contributed by atoms with Gasteiger partial charge in [0.2, 0.25) is 0 Å². The van der Waals surface area contributed by atoms with Gasteiger partial charge in [-0.05, 0) is 61.0 Å². The molecule has 220 valence electrons. The lowest BCUT2D eigenvalue weighted by Gasteiger charge is -2.24. The minimum Gasteiger partial charge on any atom is -0.507 e. The van der Waals surface area contributed by atoms with Crippen molar-refractivity contribution in [3.63, 3.8) is 0 Å². The molecule has 0 unspecified atom stereocenters. The number of nitrogens with zero attached hydrogens (tertiary/aromatic N) is 2. The average molecular weight is 601 g/mol. The first-order chi connectivity index (χ1) is 20.9. The summed E-state index contributed by atoms with van der Waals surface area (Å²) < 4.78 is 29.0. The molecule has 0 bridgehead atoms. The molecule has 1 aromatic heterocycles. The number of aromatic nitrogens is 1. The zero-order chi connectivity index (χ0) is 30.1. The number of carbonyl (C=O) groups excluding carboxylic acids is 2. The first-order valence-corrected chi connectivity index (χ1v) is 14.4. The number of methoxy groups -OCH3 is 1. The lowest BCUT2D eigenvalue weighted by Crippen LogP contribution is -2.29. The highest BCUT2D eigenvalue weighted by Gasteiger charge is 2.48. The first kappa shape index (κ1) is 28.1. The first-order valence-electron chi connectivity index (χ1n) is 13.6. The lowest BCUT2D eigenvalue weighted by molar-refractivity contribution is -0.132. The van der Waals surface area contributed by atoms with Crippen molar-refractivity contribution in [2.75, 3.05) is 38.4 Å². The third-order valence-electron chi connectivity index (χ3n) is 6.99. The number of ketones is 1. The van der Waals surface area contributed by atoms with Gasteiger partial charge in [0.15, 0.2) is 28.1 Å². The number of fused-ring (bicyclic) bond motifs is 2. The van der Waals surface area contributed by atoms with Gasteiger partial charge in [-0.15, -0.1) is 0 Å². The largest absolute Gasteiger partial charge is 0.507 e. The Kier molecular flexibility index (Phi) is 7.64. The van der Waals surface area contributed by atoms with E-state index in [-0.39, 0.29) is 17.9 Å². The third-order valence-corrected chi connectivity index (χ3v) is 8.01. The van der Waals surface area contributed by atoms with Crippen molar-refractivity contribution in [2.24, 2.45) is 0 Å². The summed E-state index contributed by atoms with van der Waals surface area (Å²) in [5.41, 5.74) is 1.36. The molecule has 1 N–H and O–H groups in total. The van der Waals surface area contributed by atoms with Crippen LogP contribution in [0.5, 0.6) is 28.7 Å². The van der Waals surface area contributed by atoms with Crippen LogP contribution in [0.25, 0.3) is 16.0 Å². The van der Waals surface area contributed by atoms with Gasteiger partial charge in [-0.25, -0.2) is 4.98 Å². The molecule has 0 saturated carbocycles. The van der Waals surface area contributed by atoms with E-state index < -0.39 is 17.7 Å². The van der Waals surface area contributed by atoms with E-state index in [0.717, 1.165) is 4.70 Å². The number of thiazole rings is 1. The Morgan fingerprint density at radius 3 is 2.65 bits per heavy atom. The topological polar surface area (TPSA) is 117 Å². The number of benzene rings is 3. The Bertz CT molecular complexity index is 1780. The second kappa shape index (κ2) is 11.7. The quantitative estimate of drug-likeness (QED) is 0.112. The maximum absolute atomic E-state index is 13.7. The van der Waals surface area contributed by atoms with Crippen LogP contribution in [0.3, 0.4) is 0 Å². The zero-order valence-corrected chi connectivity index (χ0v) is 24.3. The molecular weight excluding hydrogens is 572 g/mol. The van der Waals surface area contributed by atoms with Gasteiger partial charge in [0, 0.05) is 5.56 Å². The molecule has 2 aliphatic rings. The normalized spacial score (nSPS) is 17.3. The molecule has 1 fully saturated rings. The van der Waals surface area contributed by atoms with Crippen LogP contribution in [0, 0.1) is 0 Å². The minimum absolute atomic E-state index is 0.0966. The molecule has 6 rings (SSSR count). The molecule has 0 radical (unpaired) electrons. The van der Waals surface area contributed by atoms with Crippen molar-refractivity contribution in [3.05, 3.63) is 84.0 Å². The molecular formula is C32H28N2O8S. The SMILES string of the molecule is C=CCOc1ccc([C@@H]2C(=C(O)c3ccc4c(c3)OCCO4)C(=O)C(=O)N2c2nc3ccc(OC)cc3s2)cc1OCC. The van der Waals surface area contributed by atoms with Gasteiger partial charge in [-0.1, -0.05) is 30.1 Å². The second-order valence-electron chi connectivity index (χ2n) is 9.60. The number of rotatable bonds is 9. The van der Waals surface area contributed by atoms with Crippen LogP contribution in [-0.2, 0) is 9.59 Å². The van der Waals surface area contributed by atoms with Crippen LogP contribution in [0.15, 0.2) is 72.8 Å². The van der Waals surface area contributed by atoms with E-state index in [1.54, 1.807) is 61.7 Å². The molecule has 11 heteroatoms. The predicted octanol–water partition coefficient (Wildman–Crippen LogP) is 5.67. The van der Waals surface area contributed by atoms with Gasteiger partial charge in [-0.3, -0.25) is 14.5 Å². The van der Waals surface area contributed by atoms with Crippen LogP contribution < -0.4 is 28.6 Å². The van der Waals surface area contributed by atoms with Gasteiger partial charge < -0.3 is 28.8 Å². The van der Waals surface area contributed by atoms with Gasteiger partial charge in [-0.2, -0.15) is 0 Å². The number of amides is 1. The Labute approximate surface area is 251 Å². The van der Waals surface area contributed by atoms with Crippen molar-refractivity contribution in [1.29, 1.82) is 0 Å². The van der Waals surface area contributed by atoms with Gasteiger partial charge in [0.05, 0.1) is 35.5 Å². The molecule has 0 aliphatic carbocycles. The van der Waals surface area contributed by atoms with Crippen LogP contribution in [-0.4, -0.2) is 55.3 Å². The molecule has 2 aliphatic heterocycles. The summed E-state index contributed by atoms with van der Waals surface area (Å²) in [5, 5.41) is 11.9. The van der Waals surface area contributed by atoms with Gasteiger partial charge in [0.25, 0.3) is 5.78 Å². The molecule has 0 spiro atoms. The molecule has 3 heterocycles. The zero-order valence-electron chi connectivity index (χ0n) is 23.5. The fourth-order valence-electron chi connectivity index (χ4n) is 5.05. The summed E-state index contributed by atoms with van der Waals surface area (Å²) in [6, 6.07) is 14.4. The van der Waals surface area contributed by atoms with Crippen LogP contribution in [0.4, 0.5) is 5.13 Å². The van der Waals surface area contributed by atoms with Crippen LogP contribution >= 0.6 is 11.3 Å². The summed E-state index contributed by atoms with van der Waals surface area (Å²) in [5.74, 6) is 0.470. The lowest BCUT2D eigenvalue weighted by atomic mass is 9.95.